The van der Waals surface area contributed by atoms with E-state index >= 15 is 0 Å². The lowest BCUT2D eigenvalue weighted by atomic mass is 10.3. The van der Waals surface area contributed by atoms with Gasteiger partial charge in [-0.2, -0.15) is 0 Å². The van der Waals surface area contributed by atoms with Crippen molar-refractivity contribution in [3.05, 3.63) is 46.4 Å². The van der Waals surface area contributed by atoms with Gasteiger partial charge in [0.15, 0.2) is 0 Å². The van der Waals surface area contributed by atoms with Crippen molar-refractivity contribution >= 4 is 15.9 Å². The van der Waals surface area contributed by atoms with Crippen molar-refractivity contribution in [1.29, 1.82) is 0 Å². The number of nitrogens with zero attached hydrogens (tertiary/aromatic N) is 2. The first-order valence-electron chi connectivity index (χ1n) is 6.38. The number of hydrogen-bond acceptors (Lipinski definition) is 4. The van der Waals surface area contributed by atoms with Crippen LogP contribution >= 0.6 is 15.9 Å². The first kappa shape index (κ1) is 13.5. The molecule has 0 bridgehead atoms. The van der Waals surface area contributed by atoms with Crippen LogP contribution in [0.15, 0.2) is 35.1 Å². The third-order valence-corrected chi connectivity index (χ3v) is 3.57. The molecule has 1 aromatic heterocycles. The summed E-state index contributed by atoms with van der Waals surface area (Å²) in [5.74, 6) is 0.155. The molecule has 1 N–H and O–H groups in total. The van der Waals surface area contributed by atoms with Crippen LogP contribution in [-0.2, 0) is 6.54 Å². The van der Waals surface area contributed by atoms with Crippen LogP contribution < -0.4 is 10.1 Å². The quantitative estimate of drug-likeness (QED) is 0.908. The Bertz CT molecular complexity index is 602. The summed E-state index contributed by atoms with van der Waals surface area (Å²) in [4.78, 5) is 8.30. The fraction of sp³-hybridized carbons (Fsp3) is 0.286. The third-order valence-electron chi connectivity index (χ3n) is 2.95. The van der Waals surface area contributed by atoms with Gasteiger partial charge in [-0.25, -0.2) is 14.4 Å². The Balaban J connectivity index is 1.64. The van der Waals surface area contributed by atoms with Gasteiger partial charge in [-0.15, -0.1) is 0 Å². The van der Waals surface area contributed by atoms with E-state index in [9.17, 15) is 4.39 Å². The molecule has 1 aliphatic rings. The van der Waals surface area contributed by atoms with Gasteiger partial charge in [-0.05, 0) is 47.0 Å². The van der Waals surface area contributed by atoms with Crippen LogP contribution in [0.25, 0.3) is 0 Å². The van der Waals surface area contributed by atoms with Crippen LogP contribution in [0.1, 0.15) is 18.4 Å². The van der Waals surface area contributed by atoms with Gasteiger partial charge in [0.05, 0.1) is 4.47 Å². The zero-order valence-electron chi connectivity index (χ0n) is 10.6. The highest BCUT2D eigenvalue weighted by Gasteiger charge is 2.20. The molecule has 1 saturated carbocycles. The second-order valence-electron chi connectivity index (χ2n) is 4.71. The van der Waals surface area contributed by atoms with E-state index < -0.39 is 0 Å². The zero-order valence-corrected chi connectivity index (χ0v) is 12.2. The Morgan fingerprint density at radius 3 is 2.70 bits per heavy atom. The summed E-state index contributed by atoms with van der Waals surface area (Å²) in [6, 6.07) is 5.09. The number of benzene rings is 1. The Kier molecular flexibility index (Phi) is 3.93. The molecule has 6 heteroatoms. The van der Waals surface area contributed by atoms with E-state index in [-0.39, 0.29) is 11.8 Å². The maximum Gasteiger partial charge on any atom is 0.321 e. The molecule has 3 rings (SSSR count). The van der Waals surface area contributed by atoms with Gasteiger partial charge >= 0.3 is 6.01 Å². The van der Waals surface area contributed by atoms with Crippen LogP contribution in [0.4, 0.5) is 4.39 Å². The van der Waals surface area contributed by atoms with Crippen molar-refractivity contribution < 1.29 is 9.13 Å². The highest BCUT2D eigenvalue weighted by atomic mass is 79.9. The third kappa shape index (κ3) is 3.52. The highest BCUT2D eigenvalue weighted by Crippen LogP contribution is 2.28. The molecular weight excluding hydrogens is 325 g/mol. The highest BCUT2D eigenvalue weighted by molar-refractivity contribution is 9.10. The smallest absolute Gasteiger partial charge is 0.321 e. The second kappa shape index (κ2) is 5.85. The predicted molar refractivity (Wildman–Crippen MR) is 76.1 cm³/mol. The molecule has 0 aliphatic heterocycles. The summed E-state index contributed by atoms with van der Waals surface area (Å²) < 4.78 is 19.0. The summed E-state index contributed by atoms with van der Waals surface area (Å²) in [6.07, 6.45) is 5.96. The molecule has 1 aliphatic carbocycles. The minimum absolute atomic E-state index is 0.243. The summed E-state index contributed by atoms with van der Waals surface area (Å²) >= 11 is 3.24. The Hall–Kier alpha value is -1.53. The zero-order chi connectivity index (χ0) is 13.9. The SMILES string of the molecule is Fc1ccc(Oc2ncc(CNC3CC3)cn2)c(Br)c1. The number of halogens is 2. The molecule has 104 valence electrons. The van der Waals surface area contributed by atoms with E-state index in [1.54, 1.807) is 12.4 Å². The minimum Gasteiger partial charge on any atom is -0.423 e. The van der Waals surface area contributed by atoms with Gasteiger partial charge < -0.3 is 10.1 Å². The molecular formula is C14H13BrFN3O. The number of ether oxygens (including phenoxy) is 1. The topological polar surface area (TPSA) is 47.0 Å². The van der Waals surface area contributed by atoms with E-state index in [0.717, 1.165) is 12.1 Å². The van der Waals surface area contributed by atoms with Gasteiger partial charge in [-0.3, -0.25) is 0 Å². The number of nitrogens with one attached hydrogen (secondary N) is 1. The van der Waals surface area contributed by atoms with Crippen LogP contribution in [0.2, 0.25) is 0 Å². The first-order valence-corrected chi connectivity index (χ1v) is 7.17. The molecule has 0 amide bonds. The largest absolute Gasteiger partial charge is 0.423 e. The maximum absolute atomic E-state index is 13.0. The fourth-order valence-electron chi connectivity index (χ4n) is 1.69. The van der Waals surface area contributed by atoms with E-state index in [2.05, 4.69) is 31.2 Å². The number of aromatic nitrogens is 2. The summed E-state index contributed by atoms with van der Waals surface area (Å²) in [5, 5.41) is 3.39. The van der Waals surface area contributed by atoms with Gasteiger partial charge in [0, 0.05) is 30.5 Å². The van der Waals surface area contributed by atoms with Crippen LogP contribution in [-0.4, -0.2) is 16.0 Å². The summed E-state index contributed by atoms with van der Waals surface area (Å²) in [7, 11) is 0. The van der Waals surface area contributed by atoms with Gasteiger partial charge in [0.1, 0.15) is 11.6 Å². The van der Waals surface area contributed by atoms with Gasteiger partial charge in [0.2, 0.25) is 0 Å². The van der Waals surface area contributed by atoms with E-state index in [1.807, 2.05) is 0 Å². The van der Waals surface area contributed by atoms with Crippen molar-refractivity contribution in [3.8, 4) is 11.8 Å². The molecule has 2 aromatic rings. The Morgan fingerprint density at radius 2 is 2.05 bits per heavy atom. The van der Waals surface area contributed by atoms with Crippen molar-refractivity contribution in [2.24, 2.45) is 0 Å². The minimum atomic E-state index is -0.327. The van der Waals surface area contributed by atoms with Gasteiger partial charge in [0.25, 0.3) is 0 Å². The first-order chi connectivity index (χ1) is 9.70. The average molecular weight is 338 g/mol. The van der Waals surface area contributed by atoms with Crippen LogP contribution in [0.3, 0.4) is 0 Å². The normalized spacial score (nSPS) is 14.3. The molecule has 1 fully saturated rings. The lowest BCUT2D eigenvalue weighted by molar-refractivity contribution is 0.436. The monoisotopic (exact) mass is 337 g/mol. The molecule has 0 atom stereocenters. The molecule has 1 aromatic carbocycles. The Labute approximate surface area is 124 Å². The average Bonchev–Trinajstić information content (AvgIpc) is 3.25. The molecule has 1 heterocycles. The Morgan fingerprint density at radius 1 is 1.30 bits per heavy atom. The van der Waals surface area contributed by atoms with Crippen molar-refractivity contribution in [3.63, 3.8) is 0 Å². The van der Waals surface area contributed by atoms with Crippen LogP contribution in [0.5, 0.6) is 11.8 Å². The molecule has 4 nitrogen and oxygen atoms in total. The van der Waals surface area contributed by atoms with E-state index in [1.165, 1.54) is 31.0 Å². The summed E-state index contributed by atoms with van der Waals surface area (Å²) in [6.45, 7) is 0.769. The van der Waals surface area contributed by atoms with Crippen molar-refractivity contribution in [1.82, 2.24) is 15.3 Å². The van der Waals surface area contributed by atoms with Crippen molar-refractivity contribution in [2.75, 3.05) is 0 Å². The van der Waals surface area contributed by atoms with Crippen molar-refractivity contribution in [2.45, 2.75) is 25.4 Å². The lowest BCUT2D eigenvalue weighted by Crippen LogP contribution is -2.15. The second-order valence-corrected chi connectivity index (χ2v) is 5.56. The molecule has 0 spiro atoms. The van der Waals surface area contributed by atoms with Gasteiger partial charge in [-0.1, -0.05) is 0 Å². The molecule has 0 unspecified atom stereocenters. The number of hydrogen-bond donors (Lipinski definition) is 1. The molecule has 0 radical (unpaired) electrons. The maximum atomic E-state index is 13.0. The fourth-order valence-corrected chi connectivity index (χ4v) is 2.12. The standard InChI is InChI=1S/C14H13BrFN3O/c15-12-5-10(16)1-4-13(12)20-14-18-7-9(8-19-14)6-17-11-2-3-11/h1,4-5,7-8,11,17H,2-3,6H2. The lowest BCUT2D eigenvalue weighted by Gasteiger charge is -2.07. The van der Waals surface area contributed by atoms with Crippen LogP contribution in [0, 0.1) is 5.82 Å². The molecule has 0 saturated heterocycles. The number of rotatable bonds is 5. The van der Waals surface area contributed by atoms with E-state index in [0.29, 0.717) is 16.3 Å². The molecule has 20 heavy (non-hydrogen) atoms. The summed E-state index contributed by atoms with van der Waals surface area (Å²) in [5.41, 5.74) is 1.02. The van der Waals surface area contributed by atoms with E-state index in [4.69, 9.17) is 4.74 Å². The predicted octanol–water partition coefficient (Wildman–Crippen LogP) is 3.42.